The van der Waals surface area contributed by atoms with Gasteiger partial charge in [-0.2, -0.15) is 5.10 Å². The van der Waals surface area contributed by atoms with Crippen molar-refractivity contribution in [2.45, 2.75) is 19.4 Å². The maximum absolute atomic E-state index is 12.6. The minimum atomic E-state index is -0.203. The molecule has 0 bridgehead atoms. The van der Waals surface area contributed by atoms with Crippen LogP contribution in [0, 0.1) is 5.92 Å². The fourth-order valence-electron chi connectivity index (χ4n) is 3.18. The summed E-state index contributed by atoms with van der Waals surface area (Å²) in [5.41, 5.74) is 2.71. The number of methoxy groups -OCH3 is 1. The fraction of sp³-hybridized carbons (Fsp3) is 0.421. The zero-order chi connectivity index (χ0) is 19.2. The van der Waals surface area contributed by atoms with E-state index in [2.05, 4.69) is 15.5 Å². The van der Waals surface area contributed by atoms with E-state index in [-0.39, 0.29) is 17.7 Å². The molecule has 1 fully saturated rings. The molecule has 7 nitrogen and oxygen atoms in total. The van der Waals surface area contributed by atoms with Gasteiger partial charge in [0.2, 0.25) is 11.8 Å². The molecule has 0 spiro atoms. The Hall–Kier alpha value is -2.38. The Kier molecular flexibility index (Phi) is 6.47. The van der Waals surface area contributed by atoms with Crippen LogP contribution in [0.25, 0.3) is 11.3 Å². The minimum Gasteiger partial charge on any atom is -0.383 e. The third-order valence-corrected chi connectivity index (χ3v) is 4.99. The molecule has 144 valence electrons. The van der Waals surface area contributed by atoms with Gasteiger partial charge in [-0.3, -0.25) is 14.7 Å². The number of ether oxygens (including phenoxy) is 1. The van der Waals surface area contributed by atoms with Crippen molar-refractivity contribution in [2.24, 2.45) is 5.92 Å². The average molecular weight is 391 g/mol. The monoisotopic (exact) mass is 390 g/mol. The van der Waals surface area contributed by atoms with Gasteiger partial charge in [-0.15, -0.1) is 0 Å². The summed E-state index contributed by atoms with van der Waals surface area (Å²) in [6, 6.07) is 7.44. The number of hydrogen-bond acceptors (Lipinski definition) is 4. The molecule has 1 aliphatic heterocycles. The smallest absolute Gasteiger partial charge is 0.225 e. The van der Waals surface area contributed by atoms with Crippen molar-refractivity contribution in [3.63, 3.8) is 0 Å². The minimum absolute atomic E-state index is 0.0480. The third-order valence-electron chi connectivity index (χ3n) is 4.74. The summed E-state index contributed by atoms with van der Waals surface area (Å²) in [7, 11) is 1.60. The molecule has 2 aromatic rings. The molecule has 0 aliphatic carbocycles. The molecular formula is C19H23ClN4O3. The number of aromatic nitrogens is 2. The number of likely N-dealkylation sites (tertiary alicyclic amines) is 1. The second-order valence-electron chi connectivity index (χ2n) is 6.56. The largest absolute Gasteiger partial charge is 0.383 e. The first-order chi connectivity index (χ1) is 13.1. The van der Waals surface area contributed by atoms with Crippen LogP contribution < -0.4 is 5.32 Å². The lowest BCUT2D eigenvalue weighted by Gasteiger charge is -2.31. The van der Waals surface area contributed by atoms with Crippen molar-refractivity contribution in [3.05, 3.63) is 41.0 Å². The lowest BCUT2D eigenvalue weighted by Crippen LogP contribution is -2.46. The summed E-state index contributed by atoms with van der Waals surface area (Å²) in [6.07, 6.45) is 2.67. The molecule has 1 aromatic carbocycles. The highest BCUT2D eigenvalue weighted by molar-refractivity contribution is 6.30. The van der Waals surface area contributed by atoms with E-state index in [1.54, 1.807) is 18.2 Å². The first-order valence-electron chi connectivity index (χ1n) is 8.91. The Bertz CT molecular complexity index is 791. The first-order valence-corrected chi connectivity index (χ1v) is 9.29. The van der Waals surface area contributed by atoms with Crippen molar-refractivity contribution in [3.8, 4) is 11.3 Å². The quantitative estimate of drug-likeness (QED) is 0.758. The summed E-state index contributed by atoms with van der Waals surface area (Å²) >= 11 is 5.94. The number of nitrogens with one attached hydrogen (secondary N) is 2. The van der Waals surface area contributed by atoms with E-state index in [0.29, 0.717) is 44.1 Å². The highest BCUT2D eigenvalue weighted by atomic mass is 35.5. The zero-order valence-electron chi connectivity index (χ0n) is 15.2. The van der Waals surface area contributed by atoms with Gasteiger partial charge in [0.25, 0.3) is 0 Å². The van der Waals surface area contributed by atoms with Crippen molar-refractivity contribution in [1.29, 1.82) is 0 Å². The summed E-state index contributed by atoms with van der Waals surface area (Å²) in [4.78, 5) is 26.2. The number of carbonyl (C=O) groups excluding carboxylic acids is 2. The molecule has 2 heterocycles. The summed E-state index contributed by atoms with van der Waals surface area (Å²) in [5.74, 6) is -0.172. The van der Waals surface area contributed by atoms with Gasteiger partial charge in [0.1, 0.15) is 0 Å². The first kappa shape index (κ1) is 19.4. The molecular weight excluding hydrogens is 368 g/mol. The van der Waals surface area contributed by atoms with Crippen molar-refractivity contribution in [1.82, 2.24) is 20.4 Å². The van der Waals surface area contributed by atoms with Crippen molar-refractivity contribution < 1.29 is 14.3 Å². The number of hydrogen-bond donors (Lipinski definition) is 2. The number of carbonyl (C=O) groups is 2. The topological polar surface area (TPSA) is 87.3 Å². The van der Waals surface area contributed by atoms with Crippen LogP contribution in [0.1, 0.15) is 18.4 Å². The highest BCUT2D eigenvalue weighted by Crippen LogP contribution is 2.23. The Morgan fingerprint density at radius 2 is 2.19 bits per heavy atom. The van der Waals surface area contributed by atoms with E-state index in [9.17, 15) is 9.59 Å². The van der Waals surface area contributed by atoms with Crippen LogP contribution in [0.15, 0.2) is 30.5 Å². The average Bonchev–Trinajstić information content (AvgIpc) is 3.14. The third kappa shape index (κ3) is 4.87. The lowest BCUT2D eigenvalue weighted by molar-refractivity contribution is -0.138. The van der Waals surface area contributed by atoms with Gasteiger partial charge in [-0.25, -0.2) is 0 Å². The lowest BCUT2D eigenvalue weighted by atomic mass is 9.96. The number of amides is 2. The van der Waals surface area contributed by atoms with Crippen LogP contribution in [0.3, 0.4) is 0 Å². The number of benzene rings is 1. The van der Waals surface area contributed by atoms with Crippen molar-refractivity contribution in [2.75, 3.05) is 26.8 Å². The predicted molar refractivity (Wildman–Crippen MR) is 102 cm³/mol. The number of rotatable bonds is 7. The predicted octanol–water partition coefficient (Wildman–Crippen LogP) is 2.23. The Morgan fingerprint density at radius 1 is 1.41 bits per heavy atom. The van der Waals surface area contributed by atoms with E-state index >= 15 is 0 Å². The maximum atomic E-state index is 12.6. The molecule has 27 heavy (non-hydrogen) atoms. The summed E-state index contributed by atoms with van der Waals surface area (Å²) in [6.45, 7) is 1.79. The molecule has 1 aromatic heterocycles. The van der Waals surface area contributed by atoms with Gasteiger partial charge < -0.3 is 15.0 Å². The zero-order valence-corrected chi connectivity index (χ0v) is 16.0. The number of H-pyrrole nitrogens is 1. The van der Waals surface area contributed by atoms with Gasteiger partial charge >= 0.3 is 0 Å². The molecule has 1 saturated heterocycles. The SMILES string of the molecule is COCCN1C[C@H](C(=O)NCc2cn[nH]c2-c2ccc(Cl)cc2)CCC1=O. The maximum Gasteiger partial charge on any atom is 0.225 e. The highest BCUT2D eigenvalue weighted by Gasteiger charge is 2.29. The second kappa shape index (κ2) is 9.01. The molecule has 8 heteroatoms. The molecule has 0 saturated carbocycles. The van der Waals surface area contributed by atoms with Crippen LogP contribution in [-0.2, 0) is 20.9 Å². The van der Waals surface area contributed by atoms with E-state index in [1.807, 2.05) is 24.3 Å². The van der Waals surface area contributed by atoms with E-state index < -0.39 is 0 Å². The molecule has 0 radical (unpaired) electrons. The summed E-state index contributed by atoms with van der Waals surface area (Å²) in [5, 5.41) is 10.7. The van der Waals surface area contributed by atoms with E-state index in [4.69, 9.17) is 16.3 Å². The molecule has 0 unspecified atom stereocenters. The summed E-state index contributed by atoms with van der Waals surface area (Å²) < 4.78 is 5.03. The van der Waals surface area contributed by atoms with Gasteiger partial charge in [0, 0.05) is 43.8 Å². The molecule has 1 aliphatic rings. The van der Waals surface area contributed by atoms with Crippen LogP contribution in [0.2, 0.25) is 5.02 Å². The standard InChI is InChI=1S/C19H23ClN4O3/c1-27-9-8-24-12-14(4-7-17(24)25)19(26)21-10-15-11-22-23-18(15)13-2-5-16(20)6-3-13/h2-3,5-6,11,14H,4,7-10,12H2,1H3,(H,21,26)(H,22,23)/t14-/m1/s1. The molecule has 2 N–H and O–H groups in total. The Balaban J connectivity index is 1.59. The normalized spacial score (nSPS) is 17.2. The van der Waals surface area contributed by atoms with Crippen LogP contribution in [-0.4, -0.2) is 53.7 Å². The van der Waals surface area contributed by atoms with Gasteiger partial charge in [-0.05, 0) is 24.1 Å². The number of aromatic amines is 1. The molecule has 3 rings (SSSR count). The number of nitrogens with zero attached hydrogens (tertiary/aromatic N) is 2. The van der Waals surface area contributed by atoms with Gasteiger partial charge in [-0.1, -0.05) is 23.7 Å². The van der Waals surface area contributed by atoms with Gasteiger partial charge in [0.15, 0.2) is 0 Å². The Morgan fingerprint density at radius 3 is 2.93 bits per heavy atom. The fourth-order valence-corrected chi connectivity index (χ4v) is 3.31. The number of piperidine rings is 1. The van der Waals surface area contributed by atoms with Crippen LogP contribution >= 0.6 is 11.6 Å². The van der Waals surface area contributed by atoms with E-state index in [0.717, 1.165) is 16.8 Å². The number of halogens is 1. The van der Waals surface area contributed by atoms with Gasteiger partial charge in [0.05, 0.1) is 24.4 Å². The Labute approximate surface area is 163 Å². The molecule has 2 amide bonds. The van der Waals surface area contributed by atoms with Crippen molar-refractivity contribution >= 4 is 23.4 Å². The van der Waals surface area contributed by atoms with Crippen LogP contribution in [0.4, 0.5) is 0 Å². The molecule has 1 atom stereocenters. The van der Waals surface area contributed by atoms with E-state index in [1.165, 1.54) is 0 Å². The second-order valence-corrected chi connectivity index (χ2v) is 7.00. The van der Waals surface area contributed by atoms with Crippen LogP contribution in [0.5, 0.6) is 0 Å².